The number of halogens is 3. The molecule has 1 aromatic carbocycles. The smallest absolute Gasteiger partial charge is 0.336 e. The fourth-order valence-electron chi connectivity index (χ4n) is 3.77. The summed E-state index contributed by atoms with van der Waals surface area (Å²) >= 11 is 0. The highest BCUT2D eigenvalue weighted by Crippen LogP contribution is 2.37. The molecule has 0 N–H and O–H groups in total. The molecule has 3 heterocycles. The third-order valence-electron chi connectivity index (χ3n) is 5.26. The Hall–Kier alpha value is -2.90. The van der Waals surface area contributed by atoms with Gasteiger partial charge in [-0.15, -0.1) is 0 Å². The second-order valence-corrected chi connectivity index (χ2v) is 7.09. The number of aromatic nitrogens is 3. The van der Waals surface area contributed by atoms with Crippen LogP contribution in [0.2, 0.25) is 0 Å². The minimum Gasteiger partial charge on any atom is -0.336 e. The molecule has 1 fully saturated rings. The monoisotopic (exact) mass is 388 g/mol. The van der Waals surface area contributed by atoms with E-state index in [1.807, 2.05) is 6.92 Å². The Bertz CT molecular complexity index is 1060. The minimum atomic E-state index is -4.52. The summed E-state index contributed by atoms with van der Waals surface area (Å²) in [6.07, 6.45) is -1.15. The molecule has 1 saturated heterocycles. The SMILES string of the molecule is CC1CCCN1C(=O)c1cc(-c2ccccc2C(F)(F)F)nc2c1cnn2C. The maximum absolute atomic E-state index is 13.5. The van der Waals surface area contributed by atoms with Crippen LogP contribution in [0.5, 0.6) is 0 Å². The number of hydrogen-bond acceptors (Lipinski definition) is 3. The number of nitrogens with zero attached hydrogens (tertiary/aromatic N) is 4. The highest BCUT2D eigenvalue weighted by molar-refractivity contribution is 6.06. The number of benzene rings is 1. The molecule has 4 rings (SSSR count). The fraction of sp³-hybridized carbons (Fsp3) is 0.350. The molecular formula is C20H19F3N4O. The van der Waals surface area contributed by atoms with Gasteiger partial charge in [-0.25, -0.2) is 4.98 Å². The number of likely N-dealkylation sites (tertiary alicyclic amines) is 1. The van der Waals surface area contributed by atoms with Crippen molar-refractivity contribution in [3.05, 3.63) is 47.7 Å². The number of fused-ring (bicyclic) bond motifs is 1. The first-order valence-corrected chi connectivity index (χ1v) is 9.07. The standard InChI is InChI=1S/C20H19F3N4O/c1-12-6-5-9-27(12)19(28)14-10-17(25-18-15(14)11-24-26(18)2)13-7-3-4-8-16(13)20(21,22)23/h3-4,7-8,10-12H,5-6,9H2,1-2H3. The van der Waals surface area contributed by atoms with Gasteiger partial charge in [0.05, 0.1) is 28.4 Å². The lowest BCUT2D eigenvalue weighted by molar-refractivity contribution is -0.137. The molecular weight excluding hydrogens is 369 g/mol. The Morgan fingerprint density at radius 2 is 2.00 bits per heavy atom. The van der Waals surface area contributed by atoms with Crippen LogP contribution in [0.1, 0.15) is 35.7 Å². The molecule has 0 aliphatic carbocycles. The minimum absolute atomic E-state index is 0.0541. The quantitative estimate of drug-likeness (QED) is 0.659. The molecule has 28 heavy (non-hydrogen) atoms. The van der Waals surface area contributed by atoms with Crippen LogP contribution < -0.4 is 0 Å². The Kier molecular flexibility index (Phi) is 4.36. The van der Waals surface area contributed by atoms with Crippen LogP contribution in [-0.4, -0.2) is 38.2 Å². The van der Waals surface area contributed by atoms with Gasteiger partial charge in [-0.3, -0.25) is 9.48 Å². The largest absolute Gasteiger partial charge is 0.417 e. The van der Waals surface area contributed by atoms with E-state index < -0.39 is 11.7 Å². The highest BCUT2D eigenvalue weighted by atomic mass is 19.4. The molecule has 3 aromatic rings. The first-order chi connectivity index (χ1) is 13.3. The normalized spacial score (nSPS) is 17.5. The summed E-state index contributed by atoms with van der Waals surface area (Å²) < 4.78 is 42.0. The van der Waals surface area contributed by atoms with Crippen molar-refractivity contribution in [1.29, 1.82) is 0 Å². The first kappa shape index (κ1) is 18.5. The lowest BCUT2D eigenvalue weighted by atomic mass is 10.0. The van der Waals surface area contributed by atoms with Crippen molar-refractivity contribution in [1.82, 2.24) is 19.7 Å². The van der Waals surface area contributed by atoms with Gasteiger partial charge in [-0.1, -0.05) is 18.2 Å². The molecule has 8 heteroatoms. The highest BCUT2D eigenvalue weighted by Gasteiger charge is 2.34. The Labute approximate surface area is 159 Å². The van der Waals surface area contributed by atoms with Crippen molar-refractivity contribution in [2.45, 2.75) is 32.0 Å². The van der Waals surface area contributed by atoms with Crippen molar-refractivity contribution < 1.29 is 18.0 Å². The number of aryl methyl sites for hydroxylation is 1. The molecule has 146 valence electrons. The van der Waals surface area contributed by atoms with Crippen LogP contribution in [0, 0.1) is 0 Å². The van der Waals surface area contributed by atoms with Crippen LogP contribution in [-0.2, 0) is 13.2 Å². The first-order valence-electron chi connectivity index (χ1n) is 9.07. The lowest BCUT2D eigenvalue weighted by Crippen LogP contribution is -2.33. The van der Waals surface area contributed by atoms with Gasteiger partial charge >= 0.3 is 6.18 Å². The van der Waals surface area contributed by atoms with Crippen molar-refractivity contribution >= 4 is 16.9 Å². The van der Waals surface area contributed by atoms with Crippen LogP contribution in [0.15, 0.2) is 36.5 Å². The van der Waals surface area contributed by atoms with Crippen LogP contribution in [0.3, 0.4) is 0 Å². The molecule has 2 aromatic heterocycles. The summed E-state index contributed by atoms with van der Waals surface area (Å²) in [6.45, 7) is 2.62. The number of carbonyl (C=O) groups is 1. The molecule has 0 spiro atoms. The number of alkyl halides is 3. The molecule has 1 aliphatic heterocycles. The molecule has 0 saturated carbocycles. The predicted octanol–water partition coefficient (Wildman–Crippen LogP) is 4.28. The molecule has 1 atom stereocenters. The third kappa shape index (κ3) is 3.02. The topological polar surface area (TPSA) is 51.0 Å². The van der Waals surface area contributed by atoms with Crippen molar-refractivity contribution in [3.63, 3.8) is 0 Å². The summed E-state index contributed by atoms with van der Waals surface area (Å²) in [5, 5.41) is 4.69. The number of hydrogen-bond donors (Lipinski definition) is 0. The summed E-state index contributed by atoms with van der Waals surface area (Å²) in [4.78, 5) is 19.3. The van der Waals surface area contributed by atoms with Crippen molar-refractivity contribution in [2.75, 3.05) is 6.54 Å². The summed E-state index contributed by atoms with van der Waals surface area (Å²) in [5.74, 6) is -0.198. The van der Waals surface area contributed by atoms with Crippen molar-refractivity contribution in [2.24, 2.45) is 7.05 Å². The van der Waals surface area contributed by atoms with Gasteiger partial charge in [0.25, 0.3) is 5.91 Å². The maximum Gasteiger partial charge on any atom is 0.417 e. The van der Waals surface area contributed by atoms with Crippen LogP contribution in [0.4, 0.5) is 13.2 Å². The Morgan fingerprint density at radius 1 is 1.25 bits per heavy atom. The summed E-state index contributed by atoms with van der Waals surface area (Å²) in [6, 6.07) is 6.82. The third-order valence-corrected chi connectivity index (χ3v) is 5.26. The molecule has 0 radical (unpaired) electrons. The van der Waals surface area contributed by atoms with E-state index in [2.05, 4.69) is 10.1 Å². The van der Waals surface area contributed by atoms with Gasteiger partial charge in [-0.05, 0) is 31.9 Å². The fourth-order valence-corrected chi connectivity index (χ4v) is 3.77. The zero-order chi connectivity index (χ0) is 20.1. The van der Waals surface area contributed by atoms with Gasteiger partial charge in [-0.2, -0.15) is 18.3 Å². The Balaban J connectivity index is 1.93. The predicted molar refractivity (Wildman–Crippen MR) is 98.7 cm³/mol. The number of carbonyl (C=O) groups excluding carboxylic acids is 1. The van der Waals surface area contributed by atoms with Gasteiger partial charge in [0.2, 0.25) is 0 Å². The average molecular weight is 388 g/mol. The van der Waals surface area contributed by atoms with E-state index in [9.17, 15) is 18.0 Å². The average Bonchev–Trinajstić information content (AvgIpc) is 3.26. The lowest BCUT2D eigenvalue weighted by Gasteiger charge is -2.22. The van der Waals surface area contributed by atoms with Gasteiger partial charge < -0.3 is 4.90 Å². The van der Waals surface area contributed by atoms with E-state index in [-0.39, 0.29) is 23.2 Å². The van der Waals surface area contributed by atoms with E-state index in [1.165, 1.54) is 35.1 Å². The van der Waals surface area contributed by atoms with Gasteiger partial charge in [0.1, 0.15) is 0 Å². The zero-order valence-electron chi connectivity index (χ0n) is 15.5. The molecule has 1 aliphatic rings. The molecule has 0 bridgehead atoms. The van der Waals surface area contributed by atoms with Gasteiger partial charge in [0, 0.05) is 25.2 Å². The number of amides is 1. The van der Waals surface area contributed by atoms with E-state index >= 15 is 0 Å². The second kappa shape index (κ2) is 6.61. The molecule has 1 unspecified atom stereocenters. The van der Waals surface area contributed by atoms with E-state index in [0.717, 1.165) is 18.9 Å². The Morgan fingerprint density at radius 3 is 2.68 bits per heavy atom. The molecule has 5 nitrogen and oxygen atoms in total. The summed E-state index contributed by atoms with van der Waals surface area (Å²) in [7, 11) is 1.65. The second-order valence-electron chi connectivity index (χ2n) is 7.09. The maximum atomic E-state index is 13.5. The van der Waals surface area contributed by atoms with Crippen LogP contribution >= 0.6 is 0 Å². The molecule has 1 amide bonds. The van der Waals surface area contributed by atoms with Crippen LogP contribution in [0.25, 0.3) is 22.3 Å². The van der Waals surface area contributed by atoms with E-state index in [0.29, 0.717) is 23.1 Å². The van der Waals surface area contributed by atoms with Crippen molar-refractivity contribution in [3.8, 4) is 11.3 Å². The zero-order valence-corrected chi connectivity index (χ0v) is 15.5. The summed E-state index contributed by atoms with van der Waals surface area (Å²) in [5.41, 5.74) is -0.0127. The number of rotatable bonds is 2. The van der Waals surface area contributed by atoms with E-state index in [1.54, 1.807) is 11.9 Å². The van der Waals surface area contributed by atoms with Gasteiger partial charge in [0.15, 0.2) is 5.65 Å². The number of pyridine rings is 1. The van der Waals surface area contributed by atoms with E-state index in [4.69, 9.17) is 0 Å².